The van der Waals surface area contributed by atoms with Gasteiger partial charge >= 0.3 is 5.97 Å². The molecule has 0 amide bonds. The number of benzene rings is 1. The van der Waals surface area contributed by atoms with Crippen molar-refractivity contribution in [3.63, 3.8) is 0 Å². The number of carboxylic acids is 1. The van der Waals surface area contributed by atoms with Gasteiger partial charge in [-0.15, -0.1) is 0 Å². The molecule has 0 radical (unpaired) electrons. The van der Waals surface area contributed by atoms with Crippen molar-refractivity contribution in [3.05, 3.63) is 29.3 Å². The minimum Gasteiger partial charge on any atom is -0.479 e. The number of aliphatic carboxylic acids is 1. The molecule has 2 N–H and O–H groups in total. The molecule has 0 aromatic heterocycles. The van der Waals surface area contributed by atoms with Crippen molar-refractivity contribution in [3.8, 4) is 0 Å². The highest BCUT2D eigenvalue weighted by atomic mass is 35.5. The monoisotopic (exact) mass is 295 g/mol. The topological polar surface area (TPSA) is 49.3 Å². The average Bonchev–Trinajstić information content (AvgIpc) is 2.34. The first-order valence-electron chi connectivity index (χ1n) is 7.02. The van der Waals surface area contributed by atoms with E-state index in [2.05, 4.69) is 19.2 Å². The number of nitrogens with one attached hydrogen (secondary N) is 1. The van der Waals surface area contributed by atoms with Gasteiger partial charge in [0.1, 0.15) is 5.54 Å². The molecule has 2 rings (SSSR count). The molecule has 110 valence electrons. The van der Waals surface area contributed by atoms with Gasteiger partial charge < -0.3 is 10.4 Å². The van der Waals surface area contributed by atoms with E-state index in [1.54, 1.807) is 12.1 Å². The molecule has 1 aromatic rings. The summed E-state index contributed by atoms with van der Waals surface area (Å²) in [4.78, 5) is 11.9. The number of anilines is 1. The third-order valence-corrected chi connectivity index (χ3v) is 4.74. The van der Waals surface area contributed by atoms with Crippen LogP contribution in [0.3, 0.4) is 0 Å². The lowest BCUT2D eigenvalue weighted by Gasteiger charge is -2.46. The predicted octanol–water partition coefficient (Wildman–Crippen LogP) is 4.42. The summed E-state index contributed by atoms with van der Waals surface area (Å²) >= 11 is 5.87. The van der Waals surface area contributed by atoms with E-state index in [0.29, 0.717) is 11.4 Å². The summed E-state index contributed by atoms with van der Waals surface area (Å²) in [6.07, 6.45) is 2.45. The molecule has 1 aromatic carbocycles. The maximum Gasteiger partial charge on any atom is 0.329 e. The second-order valence-electron chi connectivity index (χ2n) is 6.68. The van der Waals surface area contributed by atoms with Crippen LogP contribution in [0.4, 0.5) is 5.69 Å². The third kappa shape index (κ3) is 2.93. The van der Waals surface area contributed by atoms with E-state index in [1.165, 1.54) is 0 Å². The number of carbonyl (C=O) groups is 1. The average molecular weight is 296 g/mol. The van der Waals surface area contributed by atoms with Gasteiger partial charge in [-0.1, -0.05) is 32.4 Å². The van der Waals surface area contributed by atoms with Crippen LogP contribution in [0.15, 0.2) is 24.3 Å². The molecule has 20 heavy (non-hydrogen) atoms. The first kappa shape index (κ1) is 15.2. The van der Waals surface area contributed by atoms with Crippen molar-refractivity contribution < 1.29 is 9.90 Å². The Kier molecular flexibility index (Phi) is 4.01. The third-order valence-electron chi connectivity index (χ3n) is 4.49. The molecular weight excluding hydrogens is 274 g/mol. The van der Waals surface area contributed by atoms with Crippen LogP contribution < -0.4 is 5.32 Å². The van der Waals surface area contributed by atoms with Gasteiger partial charge in [-0.25, -0.2) is 4.79 Å². The number of halogens is 1. The Morgan fingerprint density at radius 2 is 1.90 bits per heavy atom. The summed E-state index contributed by atoms with van der Waals surface area (Å²) in [6.45, 7) is 6.44. The van der Waals surface area contributed by atoms with Crippen LogP contribution in [0.5, 0.6) is 0 Å². The van der Waals surface area contributed by atoms with Crippen LogP contribution in [0.2, 0.25) is 5.02 Å². The number of rotatable bonds is 3. The molecule has 0 spiro atoms. The minimum absolute atomic E-state index is 0.0689. The number of hydrogen-bond acceptors (Lipinski definition) is 2. The predicted molar refractivity (Wildman–Crippen MR) is 82.2 cm³/mol. The summed E-state index contributed by atoms with van der Waals surface area (Å²) < 4.78 is 0. The Bertz CT molecular complexity index is 498. The highest BCUT2D eigenvalue weighted by molar-refractivity contribution is 6.30. The molecule has 0 heterocycles. The van der Waals surface area contributed by atoms with Gasteiger partial charge in [0.25, 0.3) is 0 Å². The Labute approximate surface area is 125 Å². The van der Waals surface area contributed by atoms with Crippen LogP contribution in [0, 0.1) is 11.3 Å². The first-order chi connectivity index (χ1) is 9.25. The molecule has 0 aliphatic heterocycles. The van der Waals surface area contributed by atoms with Crippen molar-refractivity contribution in [1.29, 1.82) is 0 Å². The Balaban J connectivity index is 2.27. The molecule has 3 nitrogen and oxygen atoms in total. The Hall–Kier alpha value is -1.22. The van der Waals surface area contributed by atoms with Gasteiger partial charge in [0.2, 0.25) is 0 Å². The lowest BCUT2D eigenvalue weighted by molar-refractivity contribution is -0.146. The second-order valence-corrected chi connectivity index (χ2v) is 7.11. The SMILES string of the molecule is CC1CC(C)(C)CCC1(Nc1ccc(Cl)cc1)C(=O)O. The molecule has 1 aliphatic rings. The molecule has 2 unspecified atom stereocenters. The van der Waals surface area contributed by atoms with Crippen LogP contribution in [0.25, 0.3) is 0 Å². The summed E-state index contributed by atoms with van der Waals surface area (Å²) in [7, 11) is 0. The van der Waals surface area contributed by atoms with E-state index in [9.17, 15) is 9.90 Å². The van der Waals surface area contributed by atoms with E-state index in [0.717, 1.165) is 18.5 Å². The standard InChI is InChI=1S/C16H22ClNO2/c1-11-10-15(2,3)8-9-16(11,14(19)20)18-13-6-4-12(17)5-7-13/h4-7,11,18H,8-10H2,1-3H3,(H,19,20). The smallest absolute Gasteiger partial charge is 0.329 e. The second kappa shape index (κ2) is 5.28. The molecule has 0 bridgehead atoms. The van der Waals surface area contributed by atoms with Gasteiger partial charge in [0, 0.05) is 10.7 Å². The summed E-state index contributed by atoms with van der Waals surface area (Å²) in [5.74, 6) is -0.699. The number of hydrogen-bond donors (Lipinski definition) is 2. The van der Waals surface area contributed by atoms with E-state index in [4.69, 9.17) is 11.6 Å². The van der Waals surface area contributed by atoms with E-state index in [-0.39, 0.29) is 11.3 Å². The fourth-order valence-electron chi connectivity index (χ4n) is 3.23. The molecule has 4 heteroatoms. The largest absolute Gasteiger partial charge is 0.479 e. The maximum atomic E-state index is 11.9. The summed E-state index contributed by atoms with van der Waals surface area (Å²) in [5.41, 5.74) is 0.131. The molecule has 1 fully saturated rings. The van der Waals surface area contributed by atoms with E-state index < -0.39 is 11.5 Å². The molecule has 2 atom stereocenters. The van der Waals surface area contributed by atoms with Crippen molar-refractivity contribution >= 4 is 23.3 Å². The van der Waals surface area contributed by atoms with Crippen molar-refractivity contribution in [2.24, 2.45) is 11.3 Å². The summed E-state index contributed by atoms with van der Waals surface area (Å²) in [6, 6.07) is 7.22. The van der Waals surface area contributed by atoms with Crippen LogP contribution in [0.1, 0.15) is 40.0 Å². The van der Waals surface area contributed by atoms with E-state index in [1.807, 2.05) is 19.1 Å². The summed E-state index contributed by atoms with van der Waals surface area (Å²) in [5, 5.41) is 13.7. The number of carboxylic acid groups (broad SMARTS) is 1. The zero-order chi connectivity index (χ0) is 15.0. The van der Waals surface area contributed by atoms with Gasteiger partial charge in [-0.3, -0.25) is 0 Å². The zero-order valence-electron chi connectivity index (χ0n) is 12.2. The zero-order valence-corrected chi connectivity index (χ0v) is 13.0. The van der Waals surface area contributed by atoms with Gasteiger partial charge in [0.05, 0.1) is 0 Å². The molecule has 0 saturated heterocycles. The lowest BCUT2D eigenvalue weighted by Crippen LogP contribution is -2.55. The van der Waals surface area contributed by atoms with Gasteiger partial charge in [-0.05, 0) is 54.9 Å². The minimum atomic E-state index is -0.886. The van der Waals surface area contributed by atoms with Crippen LogP contribution in [-0.4, -0.2) is 16.6 Å². The highest BCUT2D eigenvalue weighted by Crippen LogP contribution is 2.45. The Morgan fingerprint density at radius 3 is 2.40 bits per heavy atom. The first-order valence-corrected chi connectivity index (χ1v) is 7.40. The van der Waals surface area contributed by atoms with Gasteiger partial charge in [0.15, 0.2) is 0 Å². The highest BCUT2D eigenvalue weighted by Gasteiger charge is 2.49. The normalized spacial score (nSPS) is 28.9. The molecular formula is C16H22ClNO2. The van der Waals surface area contributed by atoms with Crippen molar-refractivity contribution in [2.75, 3.05) is 5.32 Å². The van der Waals surface area contributed by atoms with Crippen molar-refractivity contribution in [1.82, 2.24) is 0 Å². The van der Waals surface area contributed by atoms with Gasteiger partial charge in [-0.2, -0.15) is 0 Å². The van der Waals surface area contributed by atoms with Crippen LogP contribution in [-0.2, 0) is 4.79 Å². The quantitative estimate of drug-likeness (QED) is 0.868. The fraction of sp³-hybridized carbons (Fsp3) is 0.562. The van der Waals surface area contributed by atoms with Crippen molar-refractivity contribution in [2.45, 2.75) is 45.6 Å². The molecule has 1 aliphatic carbocycles. The Morgan fingerprint density at radius 1 is 1.30 bits per heavy atom. The van der Waals surface area contributed by atoms with E-state index >= 15 is 0 Å². The lowest BCUT2D eigenvalue weighted by atomic mass is 9.63. The maximum absolute atomic E-state index is 11.9. The molecule has 1 saturated carbocycles. The fourth-order valence-corrected chi connectivity index (χ4v) is 3.36. The van der Waals surface area contributed by atoms with Crippen LogP contribution >= 0.6 is 11.6 Å².